The number of likely N-dealkylation sites (N-methyl/N-ethyl adjacent to an activating group) is 3. The van der Waals surface area contributed by atoms with Gasteiger partial charge >= 0.3 is 5.85 Å². The van der Waals surface area contributed by atoms with E-state index in [2.05, 4.69) is 5.32 Å². The molecular formula is C10H24N3O2+. The summed E-state index contributed by atoms with van der Waals surface area (Å²) < 4.78 is 0. The Balaban J connectivity index is 3.03. The van der Waals surface area contributed by atoms with Crippen molar-refractivity contribution in [3.05, 3.63) is 0 Å². The molecule has 0 amide bonds. The number of rotatable bonds is 3. The Kier molecular flexibility index (Phi) is 3.73. The Hall–Kier alpha value is -0.200. The van der Waals surface area contributed by atoms with E-state index in [4.69, 9.17) is 5.11 Å². The fraction of sp³-hybridized carbons (Fsp3) is 1.00. The largest absolute Gasteiger partial charge is 0.413 e. The molecule has 2 atom stereocenters. The van der Waals surface area contributed by atoms with Gasteiger partial charge in [0.2, 0.25) is 5.72 Å². The van der Waals surface area contributed by atoms with Crippen molar-refractivity contribution in [2.45, 2.75) is 31.8 Å². The van der Waals surface area contributed by atoms with Crippen molar-refractivity contribution in [1.82, 2.24) is 15.1 Å². The zero-order valence-corrected chi connectivity index (χ0v) is 10.2. The third kappa shape index (κ3) is 1.79. The number of hydrogen-bond acceptors (Lipinski definition) is 4. The molecule has 0 aromatic heterocycles. The molecule has 0 spiro atoms. The normalized spacial score (nSPS) is 39.6. The Morgan fingerprint density at radius 3 is 2.27 bits per heavy atom. The second-order valence-corrected chi connectivity index (χ2v) is 4.25. The highest BCUT2D eigenvalue weighted by atomic mass is 16.4. The molecule has 1 fully saturated rings. The maximum absolute atomic E-state index is 10.6. The molecular weight excluding hydrogens is 194 g/mol. The molecule has 1 aliphatic heterocycles. The number of piperazine rings is 1. The minimum atomic E-state index is -1.13. The van der Waals surface area contributed by atoms with Crippen molar-refractivity contribution >= 4 is 0 Å². The van der Waals surface area contributed by atoms with Gasteiger partial charge < -0.3 is 10.2 Å². The monoisotopic (exact) mass is 218 g/mol. The smallest absolute Gasteiger partial charge is 0.328 e. The van der Waals surface area contributed by atoms with Gasteiger partial charge in [0.25, 0.3) is 0 Å². The quantitative estimate of drug-likeness (QED) is 0.469. The van der Waals surface area contributed by atoms with Crippen LogP contribution in [0.4, 0.5) is 0 Å². The number of nitrogens with zero attached hydrogens (tertiary/aromatic N) is 2. The zero-order chi connectivity index (χ0) is 11.7. The molecule has 1 aliphatic rings. The third-order valence-electron chi connectivity index (χ3n) is 3.48. The molecule has 0 saturated carbocycles. The number of hydrogen-bond donors (Lipinski definition) is 2. The lowest BCUT2D eigenvalue weighted by molar-refractivity contribution is -0.319. The van der Waals surface area contributed by atoms with E-state index in [1.807, 2.05) is 37.7 Å². The highest BCUT2D eigenvalue weighted by Gasteiger charge is 2.60. The summed E-state index contributed by atoms with van der Waals surface area (Å²) in [5, 5.41) is 22.1. The maximum Gasteiger partial charge on any atom is 0.328 e. The van der Waals surface area contributed by atoms with Crippen LogP contribution in [0.1, 0.15) is 20.3 Å². The first kappa shape index (κ1) is 12.9. The van der Waals surface area contributed by atoms with Crippen LogP contribution in [-0.2, 0) is 0 Å². The van der Waals surface area contributed by atoms with Crippen LogP contribution in [0.3, 0.4) is 0 Å². The van der Waals surface area contributed by atoms with E-state index in [0.717, 1.165) is 13.1 Å². The van der Waals surface area contributed by atoms with Crippen LogP contribution in [-0.4, -0.2) is 65.3 Å². The van der Waals surface area contributed by atoms with E-state index in [1.165, 1.54) is 0 Å². The number of aliphatic hydroxyl groups is 1. The first-order valence-electron chi connectivity index (χ1n) is 5.57. The molecule has 0 aromatic rings. The second kappa shape index (κ2) is 4.35. The van der Waals surface area contributed by atoms with Crippen molar-refractivity contribution in [2.24, 2.45) is 0 Å². The average Bonchev–Trinajstić information content (AvgIpc) is 2.22. The van der Waals surface area contributed by atoms with Gasteiger partial charge in [0.05, 0.1) is 0 Å². The SMILES string of the molecule is CCNC1([OH2+])N(C)CCN(C)C1(O)CC. The minimum absolute atomic E-state index is 0.532. The summed E-state index contributed by atoms with van der Waals surface area (Å²) in [7, 11) is 3.75. The molecule has 1 rings (SSSR count). The van der Waals surface area contributed by atoms with Crippen LogP contribution in [0, 0.1) is 0 Å². The standard InChI is InChI=1S/C10H23N3O2/c1-5-9(14)10(15,11-6-2)13(4)8-7-12(9)3/h11,14-15H,5-8H2,1-4H3/p+1. The first-order valence-corrected chi connectivity index (χ1v) is 5.57. The summed E-state index contributed by atoms with van der Waals surface area (Å²) in [6.07, 6.45) is 0.532. The Morgan fingerprint density at radius 2 is 1.80 bits per heavy atom. The minimum Gasteiger partial charge on any atom is -0.413 e. The Bertz CT molecular complexity index is 227. The Labute approximate surface area is 91.7 Å². The summed E-state index contributed by atoms with van der Waals surface area (Å²) in [5.41, 5.74) is -1.13. The molecule has 0 radical (unpaired) electrons. The van der Waals surface area contributed by atoms with Gasteiger partial charge in [-0.15, -0.1) is 0 Å². The molecule has 2 unspecified atom stereocenters. The van der Waals surface area contributed by atoms with E-state index in [-0.39, 0.29) is 0 Å². The molecule has 4 N–H and O–H groups in total. The van der Waals surface area contributed by atoms with Crippen LogP contribution in [0.2, 0.25) is 0 Å². The summed E-state index contributed by atoms with van der Waals surface area (Å²) >= 11 is 0. The molecule has 5 nitrogen and oxygen atoms in total. The lowest BCUT2D eigenvalue weighted by Gasteiger charge is -2.52. The summed E-state index contributed by atoms with van der Waals surface area (Å²) in [6, 6.07) is 0. The van der Waals surface area contributed by atoms with Gasteiger partial charge in [-0.3, -0.25) is 4.90 Å². The second-order valence-electron chi connectivity index (χ2n) is 4.25. The third-order valence-corrected chi connectivity index (χ3v) is 3.48. The van der Waals surface area contributed by atoms with Crippen LogP contribution in [0.15, 0.2) is 0 Å². The van der Waals surface area contributed by atoms with Gasteiger partial charge in [-0.2, -0.15) is 0 Å². The van der Waals surface area contributed by atoms with Crippen molar-refractivity contribution in [3.63, 3.8) is 0 Å². The Morgan fingerprint density at radius 1 is 1.27 bits per heavy atom. The van der Waals surface area contributed by atoms with Crippen LogP contribution < -0.4 is 5.32 Å². The van der Waals surface area contributed by atoms with Gasteiger partial charge in [-0.1, -0.05) is 13.8 Å². The van der Waals surface area contributed by atoms with E-state index >= 15 is 0 Å². The maximum atomic E-state index is 10.6. The van der Waals surface area contributed by atoms with Crippen molar-refractivity contribution in [1.29, 1.82) is 0 Å². The zero-order valence-electron chi connectivity index (χ0n) is 10.2. The topological polar surface area (TPSA) is 61.6 Å². The summed E-state index contributed by atoms with van der Waals surface area (Å²) in [4.78, 5) is 3.74. The number of nitrogens with one attached hydrogen (secondary N) is 1. The van der Waals surface area contributed by atoms with E-state index in [1.54, 1.807) is 0 Å². The van der Waals surface area contributed by atoms with Gasteiger partial charge in [0, 0.05) is 19.6 Å². The lowest BCUT2D eigenvalue weighted by Crippen LogP contribution is -2.79. The van der Waals surface area contributed by atoms with Gasteiger partial charge in [-0.25, -0.2) is 10.2 Å². The van der Waals surface area contributed by atoms with E-state index in [0.29, 0.717) is 13.0 Å². The fourth-order valence-electron chi connectivity index (χ4n) is 2.29. The summed E-state index contributed by atoms with van der Waals surface area (Å²) in [5.74, 6) is -1.12. The van der Waals surface area contributed by atoms with Crippen molar-refractivity contribution < 1.29 is 10.2 Å². The predicted octanol–water partition coefficient (Wildman–Crippen LogP) is -1.05. The molecule has 5 heteroatoms. The first-order chi connectivity index (χ1) is 6.92. The van der Waals surface area contributed by atoms with E-state index in [9.17, 15) is 5.11 Å². The van der Waals surface area contributed by atoms with Gasteiger partial charge in [0.1, 0.15) is 0 Å². The highest BCUT2D eigenvalue weighted by molar-refractivity contribution is 4.98. The molecule has 0 aliphatic carbocycles. The average molecular weight is 218 g/mol. The van der Waals surface area contributed by atoms with Gasteiger partial charge in [0.15, 0.2) is 0 Å². The molecule has 1 heterocycles. The summed E-state index contributed by atoms with van der Waals surface area (Å²) in [6.45, 7) is 6.11. The molecule has 1 saturated heterocycles. The molecule has 0 aromatic carbocycles. The fourth-order valence-corrected chi connectivity index (χ4v) is 2.29. The molecule has 90 valence electrons. The van der Waals surface area contributed by atoms with Crippen LogP contribution in [0.25, 0.3) is 0 Å². The lowest BCUT2D eigenvalue weighted by atomic mass is 9.97. The van der Waals surface area contributed by atoms with Crippen LogP contribution >= 0.6 is 0 Å². The molecule has 15 heavy (non-hydrogen) atoms. The van der Waals surface area contributed by atoms with Crippen molar-refractivity contribution in [2.75, 3.05) is 33.7 Å². The highest BCUT2D eigenvalue weighted by Crippen LogP contribution is 2.32. The van der Waals surface area contributed by atoms with Gasteiger partial charge in [-0.05, 0) is 20.5 Å². The predicted molar refractivity (Wildman–Crippen MR) is 60.5 cm³/mol. The van der Waals surface area contributed by atoms with Crippen LogP contribution in [0.5, 0.6) is 0 Å². The van der Waals surface area contributed by atoms with Crippen molar-refractivity contribution in [3.8, 4) is 0 Å². The van der Waals surface area contributed by atoms with E-state index < -0.39 is 11.6 Å². The molecule has 0 bridgehead atoms.